The number of ether oxygens (including phenoxy) is 2. The van der Waals surface area contributed by atoms with Crippen molar-refractivity contribution in [3.63, 3.8) is 0 Å². The summed E-state index contributed by atoms with van der Waals surface area (Å²) in [5.74, 6) is -2.91. The van der Waals surface area contributed by atoms with Crippen molar-refractivity contribution in [3.8, 4) is 5.88 Å². The van der Waals surface area contributed by atoms with Crippen LogP contribution in [0.5, 0.6) is 5.88 Å². The summed E-state index contributed by atoms with van der Waals surface area (Å²) in [6, 6.07) is 7.21. The zero-order valence-electron chi connectivity index (χ0n) is 28.2. The Morgan fingerprint density at radius 1 is 1.15 bits per heavy atom. The highest BCUT2D eigenvalue weighted by molar-refractivity contribution is 7.92. The van der Waals surface area contributed by atoms with Gasteiger partial charge >= 0.3 is 5.97 Å². The maximum Gasteiger partial charge on any atom is 0.306 e. The number of hydrogen-bond donors (Lipinski definition) is 0. The van der Waals surface area contributed by atoms with Crippen molar-refractivity contribution >= 4 is 44.1 Å². The molecular weight excluding hydrogens is 632 g/mol. The van der Waals surface area contributed by atoms with Crippen LogP contribution in [0.2, 0.25) is 0 Å². The quantitative estimate of drug-likeness (QED) is 0.232. The van der Waals surface area contributed by atoms with E-state index in [0.29, 0.717) is 18.7 Å². The number of fused-ring (bicyclic) bond motifs is 3. The molecule has 0 spiro atoms. The van der Waals surface area contributed by atoms with Crippen molar-refractivity contribution in [1.82, 2.24) is 9.88 Å². The van der Waals surface area contributed by atoms with Gasteiger partial charge in [-0.05, 0) is 67.5 Å². The van der Waals surface area contributed by atoms with E-state index in [1.165, 1.54) is 11.8 Å². The number of amides is 1. The van der Waals surface area contributed by atoms with Crippen molar-refractivity contribution in [2.75, 3.05) is 24.7 Å². The van der Waals surface area contributed by atoms with E-state index < -0.39 is 50.8 Å². The summed E-state index contributed by atoms with van der Waals surface area (Å²) in [5.41, 5.74) is -0.0187. The number of ketones is 2. The zero-order valence-corrected chi connectivity index (χ0v) is 29.0. The number of sulfone groups is 1. The third-order valence-electron chi connectivity index (χ3n) is 10.3. The molecule has 0 radical (unpaired) electrons. The molecule has 1 aromatic carbocycles. The zero-order chi connectivity index (χ0) is 34.5. The molecule has 1 saturated carbocycles. The largest absolute Gasteiger partial charge is 0.472 e. The molecule has 10 nitrogen and oxygen atoms in total. The fraction of sp³-hybridized carbons (Fsp3) is 0.595. The maximum atomic E-state index is 14.3. The first-order valence-corrected chi connectivity index (χ1v) is 19.2. The Bertz CT molecular complexity index is 1660. The summed E-state index contributed by atoms with van der Waals surface area (Å²) < 4.78 is 36.8. The number of unbranched alkanes of at least 4 members (excludes halogenated alkanes) is 1. The van der Waals surface area contributed by atoms with Gasteiger partial charge in [-0.25, -0.2) is 13.4 Å². The minimum Gasteiger partial charge on any atom is -0.472 e. The number of benzene rings is 1. The summed E-state index contributed by atoms with van der Waals surface area (Å²) in [4.78, 5) is 60.9. The lowest BCUT2D eigenvalue weighted by atomic mass is 9.88. The van der Waals surface area contributed by atoms with Crippen LogP contribution < -0.4 is 4.74 Å². The highest BCUT2D eigenvalue weighted by Crippen LogP contribution is 2.57. The van der Waals surface area contributed by atoms with Gasteiger partial charge in [0, 0.05) is 41.5 Å². The van der Waals surface area contributed by atoms with E-state index in [0.717, 1.165) is 54.9 Å². The number of esters is 1. The van der Waals surface area contributed by atoms with Crippen molar-refractivity contribution in [3.05, 3.63) is 48.7 Å². The molecule has 2 aromatic rings. The first-order valence-electron chi connectivity index (χ1n) is 17.4. The van der Waals surface area contributed by atoms with Gasteiger partial charge in [-0.15, -0.1) is 6.58 Å². The van der Waals surface area contributed by atoms with Crippen LogP contribution in [0.25, 0.3) is 10.8 Å². The third kappa shape index (κ3) is 8.15. The van der Waals surface area contributed by atoms with Crippen LogP contribution in [0.15, 0.2) is 43.1 Å². The first-order chi connectivity index (χ1) is 23.0. The van der Waals surface area contributed by atoms with Crippen LogP contribution in [0.4, 0.5) is 0 Å². The van der Waals surface area contributed by atoms with E-state index >= 15 is 0 Å². The smallest absolute Gasteiger partial charge is 0.306 e. The van der Waals surface area contributed by atoms with Gasteiger partial charge in [0.15, 0.2) is 21.4 Å². The van der Waals surface area contributed by atoms with Gasteiger partial charge in [0.1, 0.15) is 11.9 Å². The lowest BCUT2D eigenvalue weighted by Crippen LogP contribution is -2.45. The molecule has 0 N–H and O–H groups in total. The molecule has 5 atom stereocenters. The van der Waals surface area contributed by atoms with Crippen LogP contribution in [0, 0.1) is 17.3 Å². The molecule has 48 heavy (non-hydrogen) atoms. The lowest BCUT2D eigenvalue weighted by Gasteiger charge is -2.29. The average molecular weight is 681 g/mol. The Hall–Kier alpha value is -3.60. The normalized spacial score (nSPS) is 26.8. The number of aromatic nitrogens is 1. The molecule has 260 valence electrons. The highest BCUT2D eigenvalue weighted by Gasteiger charge is 2.60. The van der Waals surface area contributed by atoms with Gasteiger partial charge in [0.2, 0.25) is 11.8 Å². The SMILES string of the molecule is C=CC1C[C@]1(CC(=O)[C@@H]1C[C@@H]2CN1C(=O)[C@H](CCCC)CC(=O)OCCCCCc1ccc3ccnc(c3c1)O2)C(=O)CS(=O)(=O)CC. The summed E-state index contributed by atoms with van der Waals surface area (Å²) in [6.07, 6.45) is 8.39. The summed E-state index contributed by atoms with van der Waals surface area (Å²) >= 11 is 0. The number of carbonyl (C=O) groups is 4. The second-order valence-electron chi connectivity index (χ2n) is 13.7. The lowest BCUT2D eigenvalue weighted by molar-refractivity contribution is -0.150. The number of nitrogens with zero attached hydrogens (tertiary/aromatic N) is 2. The number of pyridine rings is 1. The van der Waals surface area contributed by atoms with Gasteiger partial charge in [-0.2, -0.15) is 0 Å². The second-order valence-corrected chi connectivity index (χ2v) is 16.0. The number of aryl methyl sites for hydroxylation is 1. The third-order valence-corrected chi connectivity index (χ3v) is 11.9. The minimum absolute atomic E-state index is 0.0803. The minimum atomic E-state index is -3.60. The Morgan fingerprint density at radius 2 is 1.96 bits per heavy atom. The standard InChI is InChI=1S/C37H48N2O8S/c1-4-7-12-27-19-34(42)46-17-10-8-9-11-25-13-14-26-15-16-38-35(30(26)18-25)47-29-20-31(39(23-29)36(27)43)32(40)22-37(21-28(37)5-2)33(41)24-48(44,45)6-3/h5,13-16,18,27-29,31H,2,4,6-12,17,19-24H2,1,3H3/t27-,28?,29-,31+,37-/m1/s1. The van der Waals surface area contributed by atoms with Crippen LogP contribution in [0.1, 0.15) is 83.6 Å². The molecule has 1 unspecified atom stereocenters. The number of cyclic esters (lactones) is 1. The van der Waals surface area contributed by atoms with E-state index in [1.54, 1.807) is 12.3 Å². The Kier molecular flexibility index (Phi) is 11.4. The van der Waals surface area contributed by atoms with Crippen molar-refractivity contribution < 1.29 is 37.1 Å². The molecule has 3 heterocycles. The van der Waals surface area contributed by atoms with Crippen LogP contribution in [0.3, 0.4) is 0 Å². The van der Waals surface area contributed by atoms with Crippen molar-refractivity contribution in [1.29, 1.82) is 0 Å². The number of carbonyl (C=O) groups excluding carboxylic acids is 4. The molecular formula is C37H48N2O8S. The molecule has 2 fully saturated rings. The van der Waals surface area contributed by atoms with E-state index in [-0.39, 0.29) is 55.8 Å². The van der Waals surface area contributed by atoms with Gasteiger partial charge in [-0.1, -0.05) is 44.9 Å². The summed E-state index contributed by atoms with van der Waals surface area (Å²) in [7, 11) is -3.60. The average Bonchev–Trinajstić information content (AvgIpc) is 3.63. The Morgan fingerprint density at radius 3 is 2.69 bits per heavy atom. The van der Waals surface area contributed by atoms with Crippen LogP contribution in [-0.4, -0.2) is 78.5 Å². The fourth-order valence-electron chi connectivity index (χ4n) is 7.22. The Labute approximate surface area is 283 Å². The Balaban J connectivity index is 1.47. The second kappa shape index (κ2) is 15.3. The predicted molar refractivity (Wildman–Crippen MR) is 182 cm³/mol. The molecule has 4 bridgehead atoms. The predicted octanol–water partition coefficient (Wildman–Crippen LogP) is 5.20. The van der Waals surface area contributed by atoms with Crippen LogP contribution in [-0.2, 0) is 40.2 Å². The first kappa shape index (κ1) is 35.7. The van der Waals surface area contributed by atoms with Gasteiger partial charge in [0.25, 0.3) is 0 Å². The van der Waals surface area contributed by atoms with E-state index in [2.05, 4.69) is 23.7 Å². The van der Waals surface area contributed by atoms with E-state index in [9.17, 15) is 27.6 Å². The molecule has 11 heteroatoms. The molecule has 1 aliphatic carbocycles. The monoisotopic (exact) mass is 680 g/mol. The topological polar surface area (TPSA) is 137 Å². The molecule has 1 saturated heterocycles. The summed E-state index contributed by atoms with van der Waals surface area (Å²) in [6.45, 7) is 7.72. The molecule has 5 rings (SSSR count). The van der Waals surface area contributed by atoms with Crippen molar-refractivity contribution in [2.24, 2.45) is 17.3 Å². The molecule has 2 aliphatic heterocycles. The fourth-order valence-corrected chi connectivity index (χ4v) is 8.11. The maximum absolute atomic E-state index is 14.3. The van der Waals surface area contributed by atoms with Gasteiger partial charge < -0.3 is 14.4 Å². The van der Waals surface area contributed by atoms with E-state index in [1.807, 2.05) is 19.1 Å². The summed E-state index contributed by atoms with van der Waals surface area (Å²) in [5, 5.41) is 1.82. The molecule has 1 aromatic heterocycles. The number of rotatable bonds is 11. The van der Waals surface area contributed by atoms with Gasteiger partial charge in [0.05, 0.1) is 25.6 Å². The van der Waals surface area contributed by atoms with E-state index in [4.69, 9.17) is 9.47 Å². The van der Waals surface area contributed by atoms with Crippen LogP contribution >= 0.6 is 0 Å². The molecule has 1 amide bonds. The van der Waals surface area contributed by atoms with Crippen molar-refractivity contribution in [2.45, 2.75) is 96.6 Å². The number of allylic oxidation sites excluding steroid dienone is 1. The number of Topliss-reactive ketones (excluding diaryl/α,β-unsaturated/α-hetero) is 2. The van der Waals surface area contributed by atoms with Gasteiger partial charge in [-0.3, -0.25) is 19.2 Å². The molecule has 3 aliphatic rings. The number of hydrogen-bond acceptors (Lipinski definition) is 9. The highest BCUT2D eigenvalue weighted by atomic mass is 32.2.